The van der Waals surface area contributed by atoms with Crippen molar-refractivity contribution in [2.24, 2.45) is 0 Å². The predicted octanol–water partition coefficient (Wildman–Crippen LogP) is 3.16. The van der Waals surface area contributed by atoms with Crippen LogP contribution in [-0.2, 0) is 0 Å². The Hall–Kier alpha value is -1.52. The molecule has 4 nitrogen and oxygen atoms in total. The number of aromatic nitrogens is 2. The molecule has 0 aliphatic carbocycles. The number of halogens is 2. The summed E-state index contributed by atoms with van der Waals surface area (Å²) in [6, 6.07) is 4.89. The minimum atomic E-state index is 0.249. The Kier molecular flexibility index (Phi) is 3.12. The standard InChI is InChI=1S/C10H7Cl2N3O/c11-6-1-2-7(12)9(3-6)16-10-8(13)4-14-5-15-10/h1-5H,13H2. The topological polar surface area (TPSA) is 61.0 Å². The second kappa shape index (κ2) is 4.55. The van der Waals surface area contributed by atoms with Gasteiger partial charge in [-0.3, -0.25) is 0 Å². The van der Waals surface area contributed by atoms with Gasteiger partial charge in [0.15, 0.2) is 0 Å². The first kappa shape index (κ1) is 11.0. The number of nitrogens with two attached hydrogens (primary N) is 1. The quantitative estimate of drug-likeness (QED) is 0.896. The molecular weight excluding hydrogens is 249 g/mol. The van der Waals surface area contributed by atoms with E-state index in [1.54, 1.807) is 18.2 Å². The molecule has 0 unspecified atom stereocenters. The highest BCUT2D eigenvalue weighted by atomic mass is 35.5. The lowest BCUT2D eigenvalue weighted by molar-refractivity contribution is 0.464. The van der Waals surface area contributed by atoms with E-state index in [9.17, 15) is 0 Å². The zero-order valence-corrected chi connectivity index (χ0v) is 9.53. The van der Waals surface area contributed by atoms with Crippen LogP contribution in [0.2, 0.25) is 10.0 Å². The van der Waals surface area contributed by atoms with Crippen LogP contribution in [0, 0.1) is 0 Å². The highest BCUT2D eigenvalue weighted by Gasteiger charge is 2.07. The molecule has 1 aromatic carbocycles. The smallest absolute Gasteiger partial charge is 0.245 e. The van der Waals surface area contributed by atoms with Crippen LogP contribution in [0.5, 0.6) is 11.6 Å². The van der Waals surface area contributed by atoms with Crippen molar-refractivity contribution in [3.63, 3.8) is 0 Å². The van der Waals surface area contributed by atoms with Gasteiger partial charge in [-0.15, -0.1) is 0 Å². The van der Waals surface area contributed by atoms with E-state index in [1.807, 2.05) is 0 Å². The minimum Gasteiger partial charge on any atom is -0.435 e. The molecule has 6 heteroatoms. The highest BCUT2D eigenvalue weighted by Crippen LogP contribution is 2.32. The van der Waals surface area contributed by atoms with E-state index in [2.05, 4.69) is 9.97 Å². The second-order valence-corrected chi connectivity index (χ2v) is 3.80. The Bertz CT molecular complexity index is 519. The zero-order valence-electron chi connectivity index (χ0n) is 8.02. The van der Waals surface area contributed by atoms with Crippen LogP contribution >= 0.6 is 23.2 Å². The van der Waals surface area contributed by atoms with Crippen LogP contribution in [0.15, 0.2) is 30.7 Å². The van der Waals surface area contributed by atoms with Crippen molar-refractivity contribution in [2.75, 3.05) is 5.73 Å². The predicted molar refractivity (Wildman–Crippen MR) is 63.0 cm³/mol. The lowest BCUT2D eigenvalue weighted by Crippen LogP contribution is -1.95. The Morgan fingerprint density at radius 3 is 2.81 bits per heavy atom. The van der Waals surface area contributed by atoms with E-state index in [0.717, 1.165) is 0 Å². The molecule has 0 aliphatic heterocycles. The third kappa shape index (κ3) is 2.35. The molecule has 0 saturated carbocycles. The van der Waals surface area contributed by atoms with Gasteiger partial charge >= 0.3 is 0 Å². The summed E-state index contributed by atoms with van der Waals surface area (Å²) in [4.78, 5) is 7.64. The van der Waals surface area contributed by atoms with Crippen LogP contribution in [0.25, 0.3) is 0 Å². The first-order valence-corrected chi connectivity index (χ1v) is 5.11. The molecule has 0 radical (unpaired) electrons. The van der Waals surface area contributed by atoms with Crippen LogP contribution < -0.4 is 10.5 Å². The SMILES string of the molecule is Nc1cncnc1Oc1cc(Cl)ccc1Cl. The summed E-state index contributed by atoms with van der Waals surface area (Å²) in [6.07, 6.45) is 2.78. The largest absolute Gasteiger partial charge is 0.435 e. The van der Waals surface area contributed by atoms with Gasteiger partial charge in [0.2, 0.25) is 5.88 Å². The van der Waals surface area contributed by atoms with Gasteiger partial charge in [-0.1, -0.05) is 23.2 Å². The molecule has 2 rings (SSSR count). The Morgan fingerprint density at radius 1 is 1.25 bits per heavy atom. The maximum Gasteiger partial charge on any atom is 0.245 e. The van der Waals surface area contributed by atoms with Gasteiger partial charge in [-0.05, 0) is 12.1 Å². The Morgan fingerprint density at radius 2 is 2.06 bits per heavy atom. The van der Waals surface area contributed by atoms with Gasteiger partial charge in [0.05, 0.1) is 11.2 Å². The number of anilines is 1. The number of ether oxygens (including phenoxy) is 1. The third-order valence-electron chi connectivity index (χ3n) is 1.80. The summed E-state index contributed by atoms with van der Waals surface area (Å²) in [6.45, 7) is 0. The van der Waals surface area contributed by atoms with Crippen LogP contribution in [0.3, 0.4) is 0 Å². The van der Waals surface area contributed by atoms with Crippen LogP contribution in [0.4, 0.5) is 5.69 Å². The normalized spacial score (nSPS) is 10.1. The Labute approximate surface area is 102 Å². The molecule has 1 heterocycles. The summed E-state index contributed by atoms with van der Waals surface area (Å²) < 4.78 is 5.43. The molecule has 16 heavy (non-hydrogen) atoms. The van der Waals surface area contributed by atoms with E-state index in [0.29, 0.717) is 21.5 Å². The van der Waals surface area contributed by atoms with Gasteiger partial charge in [0.25, 0.3) is 0 Å². The fraction of sp³-hybridized carbons (Fsp3) is 0. The average Bonchev–Trinajstić information content (AvgIpc) is 2.27. The molecule has 2 N–H and O–H groups in total. The molecule has 1 aromatic heterocycles. The fourth-order valence-electron chi connectivity index (χ4n) is 1.07. The number of nitrogen functional groups attached to an aromatic ring is 1. The van der Waals surface area contributed by atoms with Crippen molar-refractivity contribution in [3.05, 3.63) is 40.8 Å². The molecule has 0 atom stereocenters. The first-order chi connectivity index (χ1) is 7.66. The van der Waals surface area contributed by atoms with Gasteiger partial charge in [-0.25, -0.2) is 4.98 Å². The van der Waals surface area contributed by atoms with Gasteiger partial charge in [-0.2, -0.15) is 4.98 Å². The van der Waals surface area contributed by atoms with Gasteiger partial charge < -0.3 is 10.5 Å². The van der Waals surface area contributed by atoms with Crippen LogP contribution in [0.1, 0.15) is 0 Å². The number of hydrogen-bond donors (Lipinski definition) is 1. The summed E-state index contributed by atoms with van der Waals surface area (Å²) in [5.41, 5.74) is 5.96. The van der Waals surface area contributed by atoms with E-state index in [1.165, 1.54) is 12.5 Å². The van der Waals surface area contributed by atoms with Crippen molar-refractivity contribution in [1.82, 2.24) is 9.97 Å². The molecule has 0 saturated heterocycles. The Balaban J connectivity index is 2.34. The number of rotatable bonds is 2. The minimum absolute atomic E-state index is 0.249. The molecule has 0 spiro atoms. The van der Waals surface area contributed by atoms with Crippen molar-refractivity contribution >= 4 is 28.9 Å². The molecule has 82 valence electrons. The van der Waals surface area contributed by atoms with Crippen molar-refractivity contribution in [3.8, 4) is 11.6 Å². The van der Waals surface area contributed by atoms with E-state index >= 15 is 0 Å². The summed E-state index contributed by atoms with van der Waals surface area (Å²) in [5.74, 6) is 0.652. The molecule has 0 fully saturated rings. The number of hydrogen-bond acceptors (Lipinski definition) is 4. The third-order valence-corrected chi connectivity index (χ3v) is 2.35. The summed E-state index contributed by atoms with van der Waals surface area (Å²) in [5, 5.41) is 0.953. The number of benzene rings is 1. The van der Waals surface area contributed by atoms with Crippen molar-refractivity contribution in [1.29, 1.82) is 0 Å². The molecule has 0 bridgehead atoms. The number of nitrogens with zero attached hydrogens (tertiary/aromatic N) is 2. The summed E-state index contributed by atoms with van der Waals surface area (Å²) in [7, 11) is 0. The first-order valence-electron chi connectivity index (χ1n) is 4.35. The van der Waals surface area contributed by atoms with E-state index in [4.69, 9.17) is 33.7 Å². The lowest BCUT2D eigenvalue weighted by Gasteiger charge is -2.08. The van der Waals surface area contributed by atoms with Gasteiger partial charge in [0.1, 0.15) is 17.8 Å². The van der Waals surface area contributed by atoms with Crippen molar-refractivity contribution in [2.45, 2.75) is 0 Å². The van der Waals surface area contributed by atoms with Crippen molar-refractivity contribution < 1.29 is 4.74 Å². The monoisotopic (exact) mass is 255 g/mol. The zero-order chi connectivity index (χ0) is 11.5. The van der Waals surface area contributed by atoms with E-state index in [-0.39, 0.29) is 5.88 Å². The maximum absolute atomic E-state index is 5.93. The molecule has 0 aliphatic rings. The molecule has 0 amide bonds. The van der Waals surface area contributed by atoms with Crippen LogP contribution in [-0.4, -0.2) is 9.97 Å². The van der Waals surface area contributed by atoms with E-state index < -0.39 is 0 Å². The summed E-state index contributed by atoms with van der Waals surface area (Å²) >= 11 is 11.8. The van der Waals surface area contributed by atoms with Gasteiger partial charge in [0, 0.05) is 11.1 Å². The molecule has 2 aromatic rings. The molecular formula is C10H7Cl2N3O. The average molecular weight is 256 g/mol. The maximum atomic E-state index is 5.93. The second-order valence-electron chi connectivity index (χ2n) is 2.96. The lowest BCUT2D eigenvalue weighted by atomic mass is 10.3. The highest BCUT2D eigenvalue weighted by molar-refractivity contribution is 6.34. The fourth-order valence-corrected chi connectivity index (χ4v) is 1.39.